The van der Waals surface area contributed by atoms with Crippen molar-refractivity contribution in [3.63, 3.8) is 0 Å². The number of methoxy groups -OCH3 is 1. The molecule has 1 N–H and O–H groups in total. The first-order chi connectivity index (χ1) is 12.3. The van der Waals surface area contributed by atoms with Crippen molar-refractivity contribution in [2.75, 3.05) is 19.1 Å². The van der Waals surface area contributed by atoms with Crippen molar-refractivity contribution in [3.8, 4) is 5.75 Å². The summed E-state index contributed by atoms with van der Waals surface area (Å²) in [4.78, 5) is 25.4. The van der Waals surface area contributed by atoms with Gasteiger partial charge in [0.2, 0.25) is 0 Å². The van der Waals surface area contributed by atoms with Crippen LogP contribution < -0.4 is 9.64 Å². The highest BCUT2D eigenvalue weighted by atomic mass is 16.5. The molecule has 1 heterocycles. The monoisotopic (exact) mass is 357 g/mol. The van der Waals surface area contributed by atoms with E-state index in [4.69, 9.17) is 4.74 Å². The predicted molar refractivity (Wildman–Crippen MR) is 96.6 cm³/mol. The molecule has 2 aromatic rings. The highest BCUT2D eigenvalue weighted by Gasteiger charge is 2.31. The number of carbonyl (C=O) groups is 2. The van der Waals surface area contributed by atoms with Crippen LogP contribution in [0, 0.1) is 5.41 Å². The second-order valence-corrected chi connectivity index (χ2v) is 7.28. The predicted octanol–water partition coefficient (Wildman–Crippen LogP) is 3.35. The second-order valence-electron chi connectivity index (χ2n) is 7.28. The average molecular weight is 357 g/mol. The van der Waals surface area contributed by atoms with Gasteiger partial charge in [0.1, 0.15) is 5.75 Å². The molecule has 0 bridgehead atoms. The second kappa shape index (κ2) is 6.82. The Hall–Kier alpha value is -2.83. The van der Waals surface area contributed by atoms with Crippen LogP contribution in [0.1, 0.15) is 42.0 Å². The fourth-order valence-corrected chi connectivity index (χ4v) is 3.13. The smallest absolute Gasteiger partial charge is 0.413 e. The molecule has 0 aliphatic heterocycles. The van der Waals surface area contributed by atoms with Crippen LogP contribution in [-0.4, -0.2) is 36.4 Å². The highest BCUT2D eigenvalue weighted by molar-refractivity contribution is 5.91. The number of benzene rings is 1. The van der Waals surface area contributed by atoms with Gasteiger partial charge in [-0.25, -0.2) is 9.59 Å². The van der Waals surface area contributed by atoms with Gasteiger partial charge in [0.15, 0.2) is 5.69 Å². The van der Waals surface area contributed by atoms with Crippen molar-refractivity contribution in [1.82, 2.24) is 10.2 Å². The van der Waals surface area contributed by atoms with Gasteiger partial charge in [-0.1, -0.05) is 13.8 Å². The summed E-state index contributed by atoms with van der Waals surface area (Å²) in [7, 11) is 2.92. The van der Waals surface area contributed by atoms with E-state index in [2.05, 4.69) is 28.8 Å². The molecule has 1 aliphatic carbocycles. The number of aryl methyl sites for hydroxylation is 1. The van der Waals surface area contributed by atoms with Crippen LogP contribution >= 0.6 is 0 Å². The number of carbonyl (C=O) groups excluding carboxylic acids is 2. The van der Waals surface area contributed by atoms with Gasteiger partial charge >= 0.3 is 12.1 Å². The Bertz CT molecular complexity index is 824. The fourth-order valence-electron chi connectivity index (χ4n) is 3.13. The molecule has 0 fully saturated rings. The van der Waals surface area contributed by atoms with E-state index < -0.39 is 12.1 Å². The molecule has 7 heteroatoms. The van der Waals surface area contributed by atoms with Crippen LogP contribution in [0.5, 0.6) is 5.75 Å². The van der Waals surface area contributed by atoms with Crippen LogP contribution in [0.25, 0.3) is 0 Å². The van der Waals surface area contributed by atoms with Crippen molar-refractivity contribution in [3.05, 3.63) is 41.2 Å². The lowest BCUT2D eigenvalue weighted by atomic mass is 9.76. The number of aromatic nitrogens is 2. The van der Waals surface area contributed by atoms with Crippen molar-refractivity contribution >= 4 is 17.7 Å². The summed E-state index contributed by atoms with van der Waals surface area (Å²) >= 11 is 0. The van der Waals surface area contributed by atoms with E-state index in [-0.39, 0.29) is 5.41 Å². The van der Waals surface area contributed by atoms with Gasteiger partial charge in [0.05, 0.1) is 7.11 Å². The van der Waals surface area contributed by atoms with Gasteiger partial charge in [-0.3, -0.25) is 10.00 Å². The Balaban J connectivity index is 1.73. The number of fused-ring (bicyclic) bond motifs is 1. The SMILES string of the molecule is COC(=O)N(C)c1ccc(OC(=O)c2n[nH]c3c2CC(C)(C)CC3)cc1. The Kier molecular flexibility index (Phi) is 4.71. The lowest BCUT2D eigenvalue weighted by Gasteiger charge is -2.29. The van der Waals surface area contributed by atoms with Gasteiger partial charge in [0.25, 0.3) is 0 Å². The summed E-state index contributed by atoms with van der Waals surface area (Å²) in [6.07, 6.45) is 2.27. The summed E-state index contributed by atoms with van der Waals surface area (Å²) < 4.78 is 10.1. The lowest BCUT2D eigenvalue weighted by Crippen LogP contribution is -2.25. The maximum Gasteiger partial charge on any atom is 0.413 e. The molecule has 0 spiro atoms. The molecule has 1 aromatic carbocycles. The minimum Gasteiger partial charge on any atom is -0.452 e. The number of nitrogens with one attached hydrogen (secondary N) is 1. The van der Waals surface area contributed by atoms with E-state index in [0.29, 0.717) is 17.1 Å². The first-order valence-corrected chi connectivity index (χ1v) is 8.51. The standard InChI is InChI=1S/C19H23N3O4/c1-19(2)10-9-15-14(11-19)16(21-20-15)17(23)26-13-7-5-12(6-8-13)22(3)18(24)25-4/h5-8H,9-11H2,1-4H3,(H,20,21). The van der Waals surface area contributed by atoms with E-state index in [1.54, 1.807) is 31.3 Å². The molecule has 26 heavy (non-hydrogen) atoms. The lowest BCUT2D eigenvalue weighted by molar-refractivity contribution is 0.0726. The summed E-state index contributed by atoms with van der Waals surface area (Å²) in [6.45, 7) is 4.38. The normalized spacial score (nSPS) is 15.1. The maximum atomic E-state index is 12.5. The Labute approximate surface area is 152 Å². The fraction of sp³-hybridized carbons (Fsp3) is 0.421. The third-order valence-corrected chi connectivity index (χ3v) is 4.74. The molecule has 0 unspecified atom stereocenters. The number of aromatic amines is 1. The third-order valence-electron chi connectivity index (χ3n) is 4.74. The summed E-state index contributed by atoms with van der Waals surface area (Å²) in [5.74, 6) is -0.0851. The zero-order valence-electron chi connectivity index (χ0n) is 15.5. The topological polar surface area (TPSA) is 84.5 Å². The minimum atomic E-state index is -0.478. The van der Waals surface area contributed by atoms with Gasteiger partial charge in [-0.2, -0.15) is 5.10 Å². The molecule has 7 nitrogen and oxygen atoms in total. The van der Waals surface area contributed by atoms with Gasteiger partial charge in [-0.15, -0.1) is 0 Å². The Morgan fingerprint density at radius 3 is 2.58 bits per heavy atom. The van der Waals surface area contributed by atoms with E-state index in [0.717, 1.165) is 30.5 Å². The number of anilines is 1. The van der Waals surface area contributed by atoms with Crippen molar-refractivity contribution in [2.24, 2.45) is 5.41 Å². The number of hydrogen-bond acceptors (Lipinski definition) is 5. The van der Waals surface area contributed by atoms with Crippen LogP contribution in [0.2, 0.25) is 0 Å². The zero-order valence-corrected chi connectivity index (χ0v) is 15.5. The van der Waals surface area contributed by atoms with Gasteiger partial charge < -0.3 is 9.47 Å². The molecule has 1 aromatic heterocycles. The van der Waals surface area contributed by atoms with Crippen LogP contribution in [-0.2, 0) is 17.6 Å². The van der Waals surface area contributed by atoms with E-state index in [1.807, 2.05) is 0 Å². The van der Waals surface area contributed by atoms with Crippen molar-refractivity contribution in [1.29, 1.82) is 0 Å². The summed E-state index contributed by atoms with van der Waals surface area (Å²) in [5.41, 5.74) is 3.10. The maximum absolute atomic E-state index is 12.5. The summed E-state index contributed by atoms with van der Waals surface area (Å²) in [6, 6.07) is 6.64. The number of hydrogen-bond donors (Lipinski definition) is 1. The molecule has 0 saturated carbocycles. The van der Waals surface area contributed by atoms with Crippen molar-refractivity contribution in [2.45, 2.75) is 33.1 Å². The third kappa shape index (κ3) is 3.56. The number of nitrogens with zero attached hydrogens (tertiary/aromatic N) is 2. The van der Waals surface area contributed by atoms with Crippen molar-refractivity contribution < 1.29 is 19.1 Å². The molecule has 0 saturated heterocycles. The molecule has 0 atom stereocenters. The summed E-state index contributed by atoms with van der Waals surface area (Å²) in [5, 5.41) is 7.14. The molecule has 0 radical (unpaired) electrons. The first kappa shape index (κ1) is 18.0. The van der Waals surface area contributed by atoms with E-state index in [1.165, 1.54) is 12.0 Å². The minimum absolute atomic E-state index is 0.145. The zero-order chi connectivity index (χ0) is 18.9. The molecule has 1 amide bonds. The Morgan fingerprint density at radius 1 is 1.23 bits per heavy atom. The largest absolute Gasteiger partial charge is 0.452 e. The highest BCUT2D eigenvalue weighted by Crippen LogP contribution is 2.35. The van der Waals surface area contributed by atoms with E-state index >= 15 is 0 Å². The van der Waals surface area contributed by atoms with Gasteiger partial charge in [0, 0.05) is 24.0 Å². The number of ether oxygens (including phenoxy) is 2. The quantitative estimate of drug-likeness (QED) is 0.673. The van der Waals surface area contributed by atoms with Crippen LogP contribution in [0.15, 0.2) is 24.3 Å². The number of rotatable bonds is 3. The molecular formula is C19H23N3O4. The molecule has 3 rings (SSSR count). The van der Waals surface area contributed by atoms with Crippen LogP contribution in [0.3, 0.4) is 0 Å². The number of esters is 1. The van der Waals surface area contributed by atoms with E-state index in [9.17, 15) is 9.59 Å². The first-order valence-electron chi connectivity index (χ1n) is 8.51. The van der Waals surface area contributed by atoms with Crippen LogP contribution in [0.4, 0.5) is 10.5 Å². The molecule has 138 valence electrons. The number of amides is 1. The molecular weight excluding hydrogens is 334 g/mol. The molecule has 1 aliphatic rings. The number of H-pyrrole nitrogens is 1. The Morgan fingerprint density at radius 2 is 1.92 bits per heavy atom. The average Bonchev–Trinajstić information content (AvgIpc) is 3.02. The van der Waals surface area contributed by atoms with Gasteiger partial charge in [-0.05, 0) is 48.9 Å².